The molecule has 2 heteroatoms. The fourth-order valence-corrected chi connectivity index (χ4v) is 1.52. The van der Waals surface area contributed by atoms with Crippen molar-refractivity contribution in [3.05, 3.63) is 29.8 Å². The maximum absolute atomic E-state index is 5.92. The van der Waals surface area contributed by atoms with Crippen molar-refractivity contribution in [1.29, 1.82) is 0 Å². The molecule has 84 valence electrons. The van der Waals surface area contributed by atoms with Gasteiger partial charge in [0.1, 0.15) is 0 Å². The summed E-state index contributed by atoms with van der Waals surface area (Å²) in [6.45, 7) is 5.32. The third-order valence-electron chi connectivity index (χ3n) is 2.87. The van der Waals surface area contributed by atoms with Gasteiger partial charge in [0.2, 0.25) is 0 Å². The molecular weight excluding hydrogens is 184 g/mol. The summed E-state index contributed by atoms with van der Waals surface area (Å²) in [5, 5.41) is 0. The Balaban J connectivity index is 2.64. The van der Waals surface area contributed by atoms with Gasteiger partial charge in [0.15, 0.2) is 0 Å². The number of benzene rings is 1. The lowest BCUT2D eigenvalue weighted by atomic mass is 10.0. The highest BCUT2D eigenvalue weighted by molar-refractivity contribution is 5.46. The van der Waals surface area contributed by atoms with E-state index >= 15 is 0 Å². The summed E-state index contributed by atoms with van der Waals surface area (Å²) in [6, 6.07) is 8.98. The molecule has 0 saturated heterocycles. The van der Waals surface area contributed by atoms with Crippen LogP contribution in [0.15, 0.2) is 24.3 Å². The van der Waals surface area contributed by atoms with Crippen molar-refractivity contribution < 1.29 is 0 Å². The molecule has 0 aliphatic rings. The molecule has 2 N–H and O–H groups in total. The van der Waals surface area contributed by atoms with Crippen molar-refractivity contribution in [1.82, 2.24) is 0 Å². The maximum Gasteiger partial charge on any atom is 0.0363 e. The van der Waals surface area contributed by atoms with Gasteiger partial charge in [-0.3, -0.25) is 0 Å². The molecule has 0 saturated carbocycles. The van der Waals surface area contributed by atoms with E-state index in [1.165, 1.54) is 11.3 Å². The van der Waals surface area contributed by atoms with Gasteiger partial charge in [0.05, 0.1) is 0 Å². The summed E-state index contributed by atoms with van der Waals surface area (Å²) < 4.78 is 0. The predicted molar refractivity (Wildman–Crippen MR) is 67.4 cm³/mol. The Morgan fingerprint density at radius 3 is 2.27 bits per heavy atom. The highest BCUT2D eigenvalue weighted by atomic mass is 15.1. The molecule has 1 atom stereocenters. The summed E-state index contributed by atoms with van der Waals surface area (Å²) in [6.07, 6.45) is 2.02. The summed E-state index contributed by atoms with van der Waals surface area (Å²) >= 11 is 0. The maximum atomic E-state index is 5.92. The molecule has 0 spiro atoms. The van der Waals surface area contributed by atoms with E-state index in [-0.39, 0.29) is 0 Å². The van der Waals surface area contributed by atoms with Crippen molar-refractivity contribution in [3.8, 4) is 0 Å². The van der Waals surface area contributed by atoms with Crippen LogP contribution in [-0.4, -0.2) is 19.6 Å². The largest absolute Gasteiger partial charge is 0.375 e. The van der Waals surface area contributed by atoms with E-state index < -0.39 is 0 Å². The lowest BCUT2D eigenvalue weighted by Gasteiger charge is -2.17. The van der Waals surface area contributed by atoms with Crippen molar-refractivity contribution >= 4 is 5.69 Å². The fraction of sp³-hybridized carbons (Fsp3) is 0.538. The second-order valence-electron chi connectivity index (χ2n) is 4.05. The quantitative estimate of drug-likeness (QED) is 0.801. The zero-order valence-corrected chi connectivity index (χ0v) is 10.0. The third-order valence-corrected chi connectivity index (χ3v) is 2.87. The number of hydrogen-bond donors (Lipinski definition) is 1. The molecule has 1 unspecified atom stereocenters. The molecule has 2 nitrogen and oxygen atoms in total. The minimum absolute atomic E-state index is 0.291. The second-order valence-corrected chi connectivity index (χ2v) is 4.05. The van der Waals surface area contributed by atoms with E-state index in [9.17, 15) is 0 Å². The monoisotopic (exact) mass is 206 g/mol. The van der Waals surface area contributed by atoms with Gasteiger partial charge in [-0.05, 0) is 37.5 Å². The van der Waals surface area contributed by atoms with Crippen LogP contribution in [0.2, 0.25) is 0 Å². The highest BCUT2D eigenvalue weighted by Crippen LogP contribution is 2.14. The first-order chi connectivity index (χ1) is 7.17. The van der Waals surface area contributed by atoms with Crippen LogP contribution in [0.25, 0.3) is 0 Å². The highest BCUT2D eigenvalue weighted by Gasteiger charge is 2.02. The molecule has 0 aliphatic heterocycles. The van der Waals surface area contributed by atoms with Crippen LogP contribution in [0.5, 0.6) is 0 Å². The van der Waals surface area contributed by atoms with Gasteiger partial charge in [0.25, 0.3) is 0 Å². The van der Waals surface area contributed by atoms with E-state index in [2.05, 4.69) is 50.1 Å². The third kappa shape index (κ3) is 3.56. The van der Waals surface area contributed by atoms with Gasteiger partial charge in [0, 0.05) is 25.3 Å². The minimum Gasteiger partial charge on any atom is -0.375 e. The molecule has 1 aromatic rings. The Kier molecular flexibility index (Phi) is 4.63. The predicted octanol–water partition coefficient (Wildman–Crippen LogP) is 2.42. The first kappa shape index (κ1) is 12.1. The first-order valence-corrected chi connectivity index (χ1v) is 5.73. The number of nitrogens with zero attached hydrogens (tertiary/aromatic N) is 1. The van der Waals surface area contributed by atoms with Crippen LogP contribution in [0.3, 0.4) is 0 Å². The van der Waals surface area contributed by atoms with E-state index in [4.69, 9.17) is 5.73 Å². The Bertz CT molecular complexity index is 279. The summed E-state index contributed by atoms with van der Waals surface area (Å²) in [5.74, 6) is 0. The fourth-order valence-electron chi connectivity index (χ4n) is 1.52. The van der Waals surface area contributed by atoms with Gasteiger partial charge in [-0.1, -0.05) is 19.1 Å². The van der Waals surface area contributed by atoms with Gasteiger partial charge >= 0.3 is 0 Å². The van der Waals surface area contributed by atoms with Crippen molar-refractivity contribution in [2.24, 2.45) is 5.73 Å². The van der Waals surface area contributed by atoms with Crippen LogP contribution in [-0.2, 0) is 6.42 Å². The summed E-state index contributed by atoms with van der Waals surface area (Å²) in [4.78, 5) is 2.23. The summed E-state index contributed by atoms with van der Waals surface area (Å²) in [7, 11) is 2.10. The van der Waals surface area contributed by atoms with Gasteiger partial charge in [-0.2, -0.15) is 0 Å². The number of anilines is 1. The van der Waals surface area contributed by atoms with Crippen molar-refractivity contribution in [2.75, 3.05) is 18.5 Å². The molecule has 15 heavy (non-hydrogen) atoms. The zero-order valence-electron chi connectivity index (χ0n) is 10.0. The molecule has 1 aromatic carbocycles. The minimum atomic E-state index is 0.291. The molecular formula is C13H22N2. The van der Waals surface area contributed by atoms with Crippen LogP contribution in [0.1, 0.15) is 25.8 Å². The molecule has 0 aliphatic carbocycles. The molecule has 0 aromatic heterocycles. The first-order valence-electron chi connectivity index (χ1n) is 5.73. The smallest absolute Gasteiger partial charge is 0.0363 e. The lowest BCUT2D eigenvalue weighted by molar-refractivity contribution is 0.646. The molecule has 0 amide bonds. The average molecular weight is 206 g/mol. The van der Waals surface area contributed by atoms with Crippen molar-refractivity contribution in [3.63, 3.8) is 0 Å². The normalized spacial score (nSPS) is 12.5. The Morgan fingerprint density at radius 2 is 1.80 bits per heavy atom. The van der Waals surface area contributed by atoms with Crippen LogP contribution >= 0.6 is 0 Å². The Hall–Kier alpha value is -1.02. The second kappa shape index (κ2) is 5.76. The van der Waals surface area contributed by atoms with Crippen LogP contribution in [0.4, 0.5) is 5.69 Å². The Labute approximate surface area is 93.1 Å². The van der Waals surface area contributed by atoms with Gasteiger partial charge in [-0.25, -0.2) is 0 Å². The van der Waals surface area contributed by atoms with E-state index in [1.54, 1.807) is 0 Å². The van der Waals surface area contributed by atoms with Crippen LogP contribution < -0.4 is 10.6 Å². The zero-order chi connectivity index (χ0) is 11.3. The van der Waals surface area contributed by atoms with E-state index in [0.717, 1.165) is 19.4 Å². The summed E-state index contributed by atoms with van der Waals surface area (Å²) in [5.41, 5.74) is 8.52. The van der Waals surface area contributed by atoms with Gasteiger partial charge < -0.3 is 10.6 Å². The number of nitrogens with two attached hydrogens (primary N) is 1. The lowest BCUT2D eigenvalue weighted by Crippen LogP contribution is -2.21. The molecule has 0 bridgehead atoms. The Morgan fingerprint density at radius 1 is 1.20 bits per heavy atom. The van der Waals surface area contributed by atoms with Crippen molar-refractivity contribution in [2.45, 2.75) is 32.7 Å². The van der Waals surface area contributed by atoms with Crippen LogP contribution in [0, 0.1) is 0 Å². The topological polar surface area (TPSA) is 29.3 Å². The standard InChI is InChI=1S/C13H22N2/c1-4-12(14)10-11-6-8-13(9-7-11)15(3)5-2/h6-9,12H,4-5,10,14H2,1-3H3. The molecule has 0 fully saturated rings. The molecule has 1 rings (SSSR count). The van der Waals surface area contributed by atoms with Gasteiger partial charge in [-0.15, -0.1) is 0 Å². The molecule has 0 radical (unpaired) electrons. The van der Waals surface area contributed by atoms with E-state index in [0.29, 0.717) is 6.04 Å². The number of rotatable bonds is 5. The number of hydrogen-bond acceptors (Lipinski definition) is 2. The average Bonchev–Trinajstić information content (AvgIpc) is 2.29. The SMILES string of the molecule is CCC(N)Cc1ccc(N(C)CC)cc1. The van der Waals surface area contributed by atoms with E-state index in [1.807, 2.05) is 0 Å². The molecule has 0 heterocycles.